The molecule has 0 heterocycles. The average Bonchev–Trinajstić information content (AvgIpc) is 2.11. The molecule has 0 spiro atoms. The number of ether oxygens (including phenoxy) is 2. The number of methoxy groups -OCH3 is 2. The first-order valence-corrected chi connectivity index (χ1v) is 3.47. The van der Waals surface area contributed by atoms with Crippen molar-refractivity contribution in [2.45, 2.75) is 12.5 Å². The van der Waals surface area contributed by atoms with Crippen molar-refractivity contribution in [3.63, 3.8) is 0 Å². The van der Waals surface area contributed by atoms with Crippen molar-refractivity contribution >= 4 is 5.91 Å². The van der Waals surface area contributed by atoms with Gasteiger partial charge in [0, 0.05) is 13.5 Å². The number of amides is 1. The first kappa shape index (κ1) is 10.9. The summed E-state index contributed by atoms with van der Waals surface area (Å²) in [5.74, 6) is 4.57. The normalized spacial score (nSPS) is 12.9. The highest BCUT2D eigenvalue weighted by molar-refractivity contribution is 5.80. The van der Waals surface area contributed by atoms with Gasteiger partial charge in [-0.2, -0.15) is 0 Å². The summed E-state index contributed by atoms with van der Waals surface area (Å²) in [6, 6.07) is 0. The highest BCUT2D eigenvalue weighted by Gasteiger charge is 2.13. The Balaban J connectivity index is 3.82. The van der Waals surface area contributed by atoms with E-state index in [1.165, 1.54) is 20.5 Å². The van der Waals surface area contributed by atoms with Crippen molar-refractivity contribution in [1.29, 1.82) is 0 Å². The second-order valence-corrected chi connectivity index (χ2v) is 2.08. The second kappa shape index (κ2) is 6.63. The minimum Gasteiger partial charge on any atom is -0.505 e. The summed E-state index contributed by atoms with van der Waals surface area (Å²) in [6.07, 6.45) is 3.05. The van der Waals surface area contributed by atoms with Crippen LogP contribution in [0, 0.1) is 0 Å². The molecule has 70 valence electrons. The molecule has 0 fully saturated rings. The van der Waals surface area contributed by atoms with Gasteiger partial charge in [-0.3, -0.25) is 10.2 Å². The first-order valence-electron chi connectivity index (χ1n) is 3.47. The number of hydrazine groups is 1. The third-order valence-electron chi connectivity index (χ3n) is 1.30. The van der Waals surface area contributed by atoms with Crippen LogP contribution in [0.3, 0.4) is 0 Å². The Morgan fingerprint density at radius 3 is 2.75 bits per heavy atom. The van der Waals surface area contributed by atoms with E-state index in [2.05, 4.69) is 4.74 Å². The average molecular weight is 174 g/mol. The van der Waals surface area contributed by atoms with Crippen LogP contribution in [-0.2, 0) is 14.3 Å². The lowest BCUT2D eigenvalue weighted by Crippen LogP contribution is -2.39. The van der Waals surface area contributed by atoms with Crippen LogP contribution in [0.4, 0.5) is 0 Å². The smallest absolute Gasteiger partial charge is 0.263 e. The zero-order valence-corrected chi connectivity index (χ0v) is 7.24. The van der Waals surface area contributed by atoms with Crippen LogP contribution in [0.15, 0.2) is 12.3 Å². The summed E-state index contributed by atoms with van der Waals surface area (Å²) >= 11 is 0. The van der Waals surface area contributed by atoms with Crippen molar-refractivity contribution < 1.29 is 14.3 Å². The molecule has 0 bridgehead atoms. The Kier molecular flexibility index (Phi) is 6.04. The van der Waals surface area contributed by atoms with E-state index in [1.54, 1.807) is 6.08 Å². The molecule has 1 amide bonds. The van der Waals surface area contributed by atoms with E-state index < -0.39 is 6.10 Å². The van der Waals surface area contributed by atoms with Gasteiger partial charge >= 0.3 is 0 Å². The van der Waals surface area contributed by atoms with E-state index >= 15 is 0 Å². The number of carbonyl (C=O) groups is 1. The molecular weight excluding hydrogens is 160 g/mol. The molecule has 3 N–H and O–H groups in total. The number of hydrogen-bond donors (Lipinski definition) is 2. The van der Waals surface area contributed by atoms with Gasteiger partial charge in [0.25, 0.3) is 5.91 Å². The summed E-state index contributed by atoms with van der Waals surface area (Å²) in [4.78, 5) is 10.9. The van der Waals surface area contributed by atoms with E-state index in [0.29, 0.717) is 6.42 Å². The van der Waals surface area contributed by atoms with Crippen LogP contribution in [0.5, 0.6) is 0 Å². The van der Waals surface area contributed by atoms with Crippen LogP contribution in [0.1, 0.15) is 6.42 Å². The SMILES string of the molecule is COC=CCC(OC)C(=O)NN. The topological polar surface area (TPSA) is 73.6 Å². The molecule has 0 aliphatic rings. The monoisotopic (exact) mass is 174 g/mol. The van der Waals surface area contributed by atoms with Crippen molar-refractivity contribution in [3.8, 4) is 0 Å². The van der Waals surface area contributed by atoms with Gasteiger partial charge in [-0.05, 0) is 6.08 Å². The standard InChI is InChI=1S/C7H14N2O3/c1-11-5-3-4-6(12-2)7(10)9-8/h3,5-6H,4,8H2,1-2H3,(H,9,10). The molecule has 0 aliphatic heterocycles. The highest BCUT2D eigenvalue weighted by Crippen LogP contribution is 1.97. The Morgan fingerprint density at radius 2 is 2.33 bits per heavy atom. The fourth-order valence-corrected chi connectivity index (χ4v) is 0.679. The Hall–Kier alpha value is -1.07. The second-order valence-electron chi connectivity index (χ2n) is 2.08. The lowest BCUT2D eigenvalue weighted by molar-refractivity contribution is -0.130. The van der Waals surface area contributed by atoms with Gasteiger partial charge in [-0.1, -0.05) is 0 Å². The third-order valence-corrected chi connectivity index (χ3v) is 1.30. The van der Waals surface area contributed by atoms with Gasteiger partial charge < -0.3 is 9.47 Å². The number of hydrogen-bond acceptors (Lipinski definition) is 4. The first-order chi connectivity index (χ1) is 5.76. The molecule has 12 heavy (non-hydrogen) atoms. The largest absolute Gasteiger partial charge is 0.505 e. The maximum atomic E-state index is 10.9. The molecule has 5 nitrogen and oxygen atoms in total. The molecule has 0 aliphatic carbocycles. The minimum atomic E-state index is -0.554. The van der Waals surface area contributed by atoms with Gasteiger partial charge in [0.15, 0.2) is 0 Å². The minimum absolute atomic E-state index is 0.349. The maximum absolute atomic E-state index is 10.9. The van der Waals surface area contributed by atoms with Gasteiger partial charge in [0.05, 0.1) is 13.4 Å². The Labute approximate surface area is 71.5 Å². The van der Waals surface area contributed by atoms with Gasteiger partial charge in [-0.15, -0.1) is 0 Å². The summed E-state index contributed by atoms with van der Waals surface area (Å²) < 4.78 is 9.50. The molecule has 0 radical (unpaired) electrons. The highest BCUT2D eigenvalue weighted by atomic mass is 16.5. The van der Waals surface area contributed by atoms with Crippen molar-refractivity contribution in [3.05, 3.63) is 12.3 Å². The van der Waals surface area contributed by atoms with Crippen molar-refractivity contribution in [2.24, 2.45) is 5.84 Å². The van der Waals surface area contributed by atoms with Crippen molar-refractivity contribution in [2.75, 3.05) is 14.2 Å². The zero-order chi connectivity index (χ0) is 9.40. The van der Waals surface area contributed by atoms with Crippen LogP contribution < -0.4 is 11.3 Å². The van der Waals surface area contributed by atoms with Gasteiger partial charge in [0.1, 0.15) is 6.10 Å². The summed E-state index contributed by atoms with van der Waals surface area (Å²) in [5.41, 5.74) is 2.00. The van der Waals surface area contributed by atoms with Crippen LogP contribution in [0.25, 0.3) is 0 Å². The van der Waals surface area contributed by atoms with Crippen LogP contribution in [-0.4, -0.2) is 26.2 Å². The molecular formula is C7H14N2O3. The number of nitrogens with one attached hydrogen (secondary N) is 1. The molecule has 0 rings (SSSR count). The number of carbonyl (C=O) groups excluding carboxylic acids is 1. The molecule has 0 aromatic carbocycles. The summed E-state index contributed by atoms with van der Waals surface area (Å²) in [5, 5.41) is 0. The van der Waals surface area contributed by atoms with E-state index in [0.717, 1.165) is 0 Å². The van der Waals surface area contributed by atoms with Gasteiger partial charge in [0.2, 0.25) is 0 Å². The number of nitrogens with two attached hydrogens (primary N) is 1. The molecule has 0 aromatic heterocycles. The molecule has 0 saturated heterocycles. The number of rotatable bonds is 5. The Morgan fingerprint density at radius 1 is 1.67 bits per heavy atom. The quantitative estimate of drug-likeness (QED) is 0.256. The molecule has 5 heteroatoms. The van der Waals surface area contributed by atoms with E-state index in [4.69, 9.17) is 10.6 Å². The predicted molar refractivity (Wildman–Crippen MR) is 43.9 cm³/mol. The lowest BCUT2D eigenvalue weighted by atomic mass is 10.2. The fourth-order valence-electron chi connectivity index (χ4n) is 0.679. The third kappa shape index (κ3) is 3.95. The Bertz CT molecular complexity index is 159. The van der Waals surface area contributed by atoms with Gasteiger partial charge in [-0.25, -0.2) is 5.84 Å². The zero-order valence-electron chi connectivity index (χ0n) is 7.24. The summed E-state index contributed by atoms with van der Waals surface area (Å²) in [6.45, 7) is 0. The maximum Gasteiger partial charge on any atom is 0.263 e. The van der Waals surface area contributed by atoms with Crippen LogP contribution in [0.2, 0.25) is 0 Å². The van der Waals surface area contributed by atoms with E-state index in [-0.39, 0.29) is 5.91 Å². The molecule has 0 saturated carbocycles. The predicted octanol–water partition coefficient (Wildman–Crippen LogP) is -0.458. The molecule has 1 unspecified atom stereocenters. The molecule has 0 aromatic rings. The summed E-state index contributed by atoms with van der Waals surface area (Å²) in [7, 11) is 2.97. The van der Waals surface area contributed by atoms with E-state index in [9.17, 15) is 4.79 Å². The van der Waals surface area contributed by atoms with Crippen LogP contribution >= 0.6 is 0 Å². The molecule has 1 atom stereocenters. The van der Waals surface area contributed by atoms with Crippen molar-refractivity contribution in [1.82, 2.24) is 5.43 Å². The van der Waals surface area contributed by atoms with E-state index in [1.807, 2.05) is 5.43 Å². The fraction of sp³-hybridized carbons (Fsp3) is 0.571. The lowest BCUT2D eigenvalue weighted by Gasteiger charge is -2.10.